The minimum absolute atomic E-state index is 0.230. The van der Waals surface area contributed by atoms with Crippen LogP contribution in [-0.2, 0) is 4.79 Å². The number of rotatable bonds is 5. The van der Waals surface area contributed by atoms with Gasteiger partial charge in [-0.15, -0.1) is 0 Å². The van der Waals surface area contributed by atoms with Gasteiger partial charge in [-0.05, 0) is 43.3 Å². The molecule has 0 spiro atoms. The highest BCUT2D eigenvalue weighted by atomic mass is 35.5. The molecule has 2 aromatic carbocycles. The third-order valence-electron chi connectivity index (χ3n) is 4.17. The highest BCUT2D eigenvalue weighted by Gasteiger charge is 2.29. The summed E-state index contributed by atoms with van der Waals surface area (Å²) in [5, 5.41) is 6.32. The molecule has 0 radical (unpaired) electrons. The van der Waals surface area contributed by atoms with Crippen molar-refractivity contribution in [2.24, 2.45) is 5.10 Å². The van der Waals surface area contributed by atoms with E-state index >= 15 is 0 Å². The van der Waals surface area contributed by atoms with E-state index in [0.29, 0.717) is 44.8 Å². The number of methoxy groups -OCH3 is 3. The van der Waals surface area contributed by atoms with Crippen molar-refractivity contribution in [1.29, 1.82) is 0 Å². The lowest BCUT2D eigenvalue weighted by molar-refractivity contribution is -0.114. The van der Waals surface area contributed by atoms with E-state index in [4.69, 9.17) is 25.8 Å². The molecule has 0 N–H and O–H groups in total. The van der Waals surface area contributed by atoms with Crippen LogP contribution in [0.4, 0.5) is 5.69 Å². The summed E-state index contributed by atoms with van der Waals surface area (Å²) >= 11 is 5.92. The lowest BCUT2D eigenvalue weighted by atomic mass is 10.1. The minimum atomic E-state index is -0.230. The van der Waals surface area contributed by atoms with Crippen molar-refractivity contribution in [1.82, 2.24) is 0 Å². The van der Waals surface area contributed by atoms with Gasteiger partial charge in [0, 0.05) is 16.7 Å². The first-order valence-electron chi connectivity index (χ1n) is 8.15. The second-order valence-corrected chi connectivity index (χ2v) is 6.22. The fourth-order valence-electron chi connectivity index (χ4n) is 2.76. The van der Waals surface area contributed by atoms with Crippen LogP contribution < -0.4 is 19.2 Å². The standard InChI is InChI=1S/C20H19ClN2O4/c1-12-16(20(24)23(22-12)15-7-5-14(21)6-8-15)9-13-10-18(26-3)19(27-4)11-17(13)25-2/h5-11H,1-4H3. The molecule has 2 aromatic rings. The lowest BCUT2D eigenvalue weighted by Gasteiger charge is -2.13. The Labute approximate surface area is 162 Å². The zero-order valence-electron chi connectivity index (χ0n) is 15.4. The molecule has 27 heavy (non-hydrogen) atoms. The number of halogens is 1. The number of nitrogens with zero attached hydrogens (tertiary/aromatic N) is 2. The molecule has 0 aromatic heterocycles. The van der Waals surface area contributed by atoms with E-state index in [0.717, 1.165) is 0 Å². The number of hydrogen-bond donors (Lipinski definition) is 0. The Balaban J connectivity index is 2.01. The van der Waals surface area contributed by atoms with Crippen LogP contribution in [0.3, 0.4) is 0 Å². The normalized spacial score (nSPS) is 15.1. The topological polar surface area (TPSA) is 60.4 Å². The molecule has 6 nitrogen and oxygen atoms in total. The van der Waals surface area contributed by atoms with Crippen LogP contribution in [0.25, 0.3) is 6.08 Å². The summed E-state index contributed by atoms with van der Waals surface area (Å²) < 4.78 is 16.1. The van der Waals surface area contributed by atoms with Crippen molar-refractivity contribution < 1.29 is 19.0 Å². The quantitative estimate of drug-likeness (QED) is 0.723. The van der Waals surface area contributed by atoms with Crippen LogP contribution in [0.15, 0.2) is 47.1 Å². The van der Waals surface area contributed by atoms with E-state index in [1.54, 1.807) is 70.7 Å². The summed E-state index contributed by atoms with van der Waals surface area (Å²) in [6, 6.07) is 10.4. The summed E-state index contributed by atoms with van der Waals surface area (Å²) in [4.78, 5) is 12.9. The number of ether oxygens (including phenoxy) is 3. The van der Waals surface area contributed by atoms with Gasteiger partial charge in [-0.2, -0.15) is 10.1 Å². The van der Waals surface area contributed by atoms with Gasteiger partial charge in [-0.25, -0.2) is 0 Å². The zero-order valence-corrected chi connectivity index (χ0v) is 16.2. The molecule has 0 fully saturated rings. The summed E-state index contributed by atoms with van der Waals surface area (Å²) in [5.41, 5.74) is 2.40. The number of amides is 1. The Morgan fingerprint density at radius 1 is 0.963 bits per heavy atom. The third-order valence-corrected chi connectivity index (χ3v) is 4.42. The van der Waals surface area contributed by atoms with Gasteiger partial charge in [-0.3, -0.25) is 4.79 Å². The van der Waals surface area contributed by atoms with Crippen LogP contribution in [0.2, 0.25) is 5.02 Å². The van der Waals surface area contributed by atoms with Gasteiger partial charge in [0.15, 0.2) is 11.5 Å². The van der Waals surface area contributed by atoms with Gasteiger partial charge in [-0.1, -0.05) is 11.6 Å². The number of hydrogen-bond acceptors (Lipinski definition) is 5. The van der Waals surface area contributed by atoms with Gasteiger partial charge in [0.2, 0.25) is 0 Å². The maximum Gasteiger partial charge on any atom is 0.280 e. The van der Waals surface area contributed by atoms with Gasteiger partial charge in [0.25, 0.3) is 5.91 Å². The van der Waals surface area contributed by atoms with E-state index in [1.807, 2.05) is 0 Å². The second-order valence-electron chi connectivity index (χ2n) is 5.79. The lowest BCUT2D eigenvalue weighted by Crippen LogP contribution is -2.21. The van der Waals surface area contributed by atoms with Crippen molar-refractivity contribution in [3.05, 3.63) is 52.6 Å². The zero-order chi connectivity index (χ0) is 19.6. The Morgan fingerprint density at radius 2 is 1.56 bits per heavy atom. The van der Waals surface area contributed by atoms with Crippen molar-refractivity contribution >= 4 is 35.0 Å². The van der Waals surface area contributed by atoms with E-state index in [-0.39, 0.29) is 5.91 Å². The fourth-order valence-corrected chi connectivity index (χ4v) is 2.89. The molecule has 0 saturated heterocycles. The Hall–Kier alpha value is -2.99. The Bertz CT molecular complexity index is 936. The molecule has 1 aliphatic rings. The number of anilines is 1. The van der Waals surface area contributed by atoms with Gasteiger partial charge in [0.05, 0.1) is 38.3 Å². The van der Waals surface area contributed by atoms with Crippen molar-refractivity contribution in [3.63, 3.8) is 0 Å². The summed E-state index contributed by atoms with van der Waals surface area (Å²) in [6.07, 6.45) is 1.73. The molecular weight excluding hydrogens is 368 g/mol. The van der Waals surface area contributed by atoms with Crippen LogP contribution in [0.5, 0.6) is 17.2 Å². The molecule has 0 bridgehead atoms. The average molecular weight is 387 g/mol. The first-order valence-corrected chi connectivity index (χ1v) is 8.53. The molecule has 1 heterocycles. The van der Waals surface area contributed by atoms with Gasteiger partial charge >= 0.3 is 0 Å². The molecule has 1 amide bonds. The summed E-state index contributed by atoms with van der Waals surface area (Å²) in [7, 11) is 4.66. The highest BCUT2D eigenvalue weighted by molar-refractivity contribution is 6.32. The van der Waals surface area contributed by atoms with E-state index < -0.39 is 0 Å². The molecule has 140 valence electrons. The Kier molecular flexibility index (Phi) is 5.37. The molecule has 7 heteroatoms. The average Bonchev–Trinajstić information content (AvgIpc) is 2.96. The van der Waals surface area contributed by atoms with Crippen LogP contribution in [-0.4, -0.2) is 32.9 Å². The number of hydrazone groups is 1. The molecule has 0 aliphatic carbocycles. The maximum absolute atomic E-state index is 12.9. The van der Waals surface area contributed by atoms with Crippen molar-refractivity contribution in [2.45, 2.75) is 6.92 Å². The van der Waals surface area contributed by atoms with Crippen LogP contribution in [0, 0.1) is 0 Å². The van der Waals surface area contributed by atoms with Crippen LogP contribution in [0.1, 0.15) is 12.5 Å². The van der Waals surface area contributed by atoms with Crippen LogP contribution >= 0.6 is 11.6 Å². The van der Waals surface area contributed by atoms with Gasteiger partial charge < -0.3 is 14.2 Å². The Morgan fingerprint density at radius 3 is 2.15 bits per heavy atom. The number of carbonyl (C=O) groups excluding carboxylic acids is 1. The molecule has 0 saturated carbocycles. The largest absolute Gasteiger partial charge is 0.496 e. The molecule has 0 atom stereocenters. The van der Waals surface area contributed by atoms with E-state index in [1.165, 1.54) is 5.01 Å². The monoisotopic (exact) mass is 386 g/mol. The molecule has 1 aliphatic heterocycles. The first kappa shape index (κ1) is 18.8. The number of benzene rings is 2. The van der Waals surface area contributed by atoms with E-state index in [9.17, 15) is 4.79 Å². The second kappa shape index (κ2) is 7.72. The van der Waals surface area contributed by atoms with E-state index in [2.05, 4.69) is 5.10 Å². The summed E-state index contributed by atoms with van der Waals surface area (Å²) in [5.74, 6) is 1.42. The number of carbonyl (C=O) groups is 1. The predicted octanol–water partition coefficient (Wildman–Crippen LogP) is 4.17. The molecule has 0 unspecified atom stereocenters. The highest BCUT2D eigenvalue weighted by Crippen LogP contribution is 2.36. The van der Waals surface area contributed by atoms with Crippen molar-refractivity contribution in [3.8, 4) is 17.2 Å². The SMILES string of the molecule is COc1cc(OC)c(OC)cc1C=C1C(=O)N(c2ccc(Cl)cc2)N=C1C. The minimum Gasteiger partial charge on any atom is -0.496 e. The predicted molar refractivity (Wildman–Crippen MR) is 106 cm³/mol. The third kappa shape index (κ3) is 3.61. The molecular formula is C20H19ClN2O4. The molecule has 3 rings (SSSR count). The smallest absolute Gasteiger partial charge is 0.280 e. The maximum atomic E-state index is 12.9. The summed E-state index contributed by atoms with van der Waals surface area (Å²) in [6.45, 7) is 1.78. The van der Waals surface area contributed by atoms with Gasteiger partial charge in [0.1, 0.15) is 5.75 Å². The first-order chi connectivity index (χ1) is 13.0. The fraction of sp³-hybridized carbons (Fsp3) is 0.200. The van der Waals surface area contributed by atoms with Crippen molar-refractivity contribution in [2.75, 3.05) is 26.3 Å².